The lowest BCUT2D eigenvalue weighted by molar-refractivity contribution is 0.219. The Morgan fingerprint density at radius 2 is 2.50 bits per heavy atom. The quantitative estimate of drug-likeness (QED) is 0.453. The van der Waals surface area contributed by atoms with E-state index in [0.717, 1.165) is 0 Å². The van der Waals surface area contributed by atoms with Gasteiger partial charge in [0.25, 0.3) is 0 Å². The van der Waals surface area contributed by atoms with Crippen LogP contribution in [-0.4, -0.2) is 22.9 Å². The SMILES string of the molecule is C=CC1CCC(=C=O)N1C(N)=O. The van der Waals surface area contributed by atoms with Crippen molar-refractivity contribution in [2.45, 2.75) is 18.9 Å². The zero-order valence-electron chi connectivity index (χ0n) is 6.62. The fourth-order valence-electron chi connectivity index (χ4n) is 1.35. The molecule has 1 fully saturated rings. The highest BCUT2D eigenvalue weighted by Crippen LogP contribution is 2.25. The van der Waals surface area contributed by atoms with Crippen molar-refractivity contribution in [2.24, 2.45) is 5.73 Å². The molecule has 4 heteroatoms. The highest BCUT2D eigenvalue weighted by Gasteiger charge is 2.30. The van der Waals surface area contributed by atoms with Gasteiger partial charge in [0.1, 0.15) is 11.6 Å². The highest BCUT2D eigenvalue weighted by molar-refractivity contribution is 5.78. The maximum absolute atomic E-state index is 10.8. The number of hydrogen-bond acceptors (Lipinski definition) is 2. The summed E-state index contributed by atoms with van der Waals surface area (Å²) < 4.78 is 0. The van der Waals surface area contributed by atoms with Crippen LogP contribution in [0.4, 0.5) is 4.79 Å². The molecule has 0 radical (unpaired) electrons. The predicted molar refractivity (Wildman–Crippen MR) is 43.8 cm³/mol. The maximum Gasteiger partial charge on any atom is 0.320 e. The minimum atomic E-state index is -0.615. The van der Waals surface area contributed by atoms with Crippen LogP contribution in [0.2, 0.25) is 0 Å². The molecule has 2 amide bonds. The van der Waals surface area contributed by atoms with Gasteiger partial charge in [-0.1, -0.05) is 6.08 Å². The molecule has 1 saturated heterocycles. The van der Waals surface area contributed by atoms with Crippen LogP contribution in [0.15, 0.2) is 18.4 Å². The number of allylic oxidation sites excluding steroid dienone is 1. The smallest absolute Gasteiger partial charge is 0.320 e. The van der Waals surface area contributed by atoms with Crippen molar-refractivity contribution in [3.05, 3.63) is 18.4 Å². The molecule has 0 spiro atoms. The van der Waals surface area contributed by atoms with Crippen molar-refractivity contribution in [1.29, 1.82) is 0 Å². The minimum Gasteiger partial charge on any atom is -0.351 e. The molecule has 1 unspecified atom stereocenters. The zero-order valence-corrected chi connectivity index (χ0v) is 6.62. The van der Waals surface area contributed by atoms with Gasteiger partial charge >= 0.3 is 6.03 Å². The van der Waals surface area contributed by atoms with E-state index in [9.17, 15) is 9.59 Å². The average Bonchev–Trinajstić information content (AvgIpc) is 2.46. The Morgan fingerprint density at radius 3 is 2.92 bits per heavy atom. The molecular formula is C8H10N2O2. The number of primary amides is 1. The molecule has 12 heavy (non-hydrogen) atoms. The number of carbonyl (C=O) groups excluding carboxylic acids is 2. The van der Waals surface area contributed by atoms with Crippen molar-refractivity contribution in [3.8, 4) is 0 Å². The van der Waals surface area contributed by atoms with Crippen molar-refractivity contribution in [1.82, 2.24) is 4.90 Å². The van der Waals surface area contributed by atoms with Gasteiger partial charge < -0.3 is 5.73 Å². The molecule has 2 N–H and O–H groups in total. The van der Waals surface area contributed by atoms with Gasteiger partial charge in [-0.05, 0) is 6.42 Å². The average molecular weight is 166 g/mol. The fraction of sp³-hybridized carbons (Fsp3) is 0.375. The van der Waals surface area contributed by atoms with Crippen LogP contribution in [-0.2, 0) is 4.79 Å². The summed E-state index contributed by atoms with van der Waals surface area (Å²) in [5.74, 6) is 1.70. The minimum absolute atomic E-state index is 0.140. The van der Waals surface area contributed by atoms with Crippen LogP contribution in [0.1, 0.15) is 12.8 Å². The standard InChI is InChI=1S/C8H10N2O2/c1-2-6-3-4-7(5-11)10(6)8(9)12/h2,6H,1,3-4H2,(H2,9,12). The van der Waals surface area contributed by atoms with Gasteiger partial charge in [-0.3, -0.25) is 4.90 Å². The third-order valence-corrected chi connectivity index (χ3v) is 1.93. The van der Waals surface area contributed by atoms with E-state index in [-0.39, 0.29) is 6.04 Å². The van der Waals surface area contributed by atoms with E-state index < -0.39 is 6.03 Å². The summed E-state index contributed by atoms with van der Waals surface area (Å²) >= 11 is 0. The summed E-state index contributed by atoms with van der Waals surface area (Å²) in [7, 11) is 0. The summed E-state index contributed by atoms with van der Waals surface area (Å²) in [6, 6.07) is -0.755. The van der Waals surface area contributed by atoms with Crippen LogP contribution in [0.5, 0.6) is 0 Å². The van der Waals surface area contributed by atoms with E-state index in [4.69, 9.17) is 5.73 Å². The van der Waals surface area contributed by atoms with E-state index in [1.807, 2.05) is 0 Å². The number of urea groups is 1. The van der Waals surface area contributed by atoms with Gasteiger partial charge in [0.2, 0.25) is 0 Å². The third-order valence-electron chi connectivity index (χ3n) is 1.93. The molecule has 0 saturated carbocycles. The van der Waals surface area contributed by atoms with Crippen molar-refractivity contribution < 1.29 is 9.59 Å². The highest BCUT2D eigenvalue weighted by atomic mass is 16.2. The summed E-state index contributed by atoms with van der Waals surface area (Å²) in [5, 5.41) is 0. The van der Waals surface area contributed by atoms with Gasteiger partial charge in [0, 0.05) is 6.42 Å². The first kappa shape index (κ1) is 8.56. The third kappa shape index (κ3) is 1.24. The number of nitrogens with two attached hydrogens (primary N) is 1. The van der Waals surface area contributed by atoms with Crippen molar-refractivity contribution in [3.63, 3.8) is 0 Å². The lowest BCUT2D eigenvalue weighted by atomic mass is 10.2. The van der Waals surface area contributed by atoms with Crippen LogP contribution < -0.4 is 5.73 Å². The summed E-state index contributed by atoms with van der Waals surface area (Å²) in [4.78, 5) is 22.4. The zero-order chi connectivity index (χ0) is 9.14. The molecule has 0 bridgehead atoms. The molecule has 1 rings (SSSR count). The molecule has 0 aromatic heterocycles. The molecule has 4 nitrogen and oxygen atoms in total. The van der Waals surface area contributed by atoms with E-state index in [1.54, 1.807) is 12.0 Å². The molecular weight excluding hydrogens is 156 g/mol. The van der Waals surface area contributed by atoms with Gasteiger partial charge in [0.15, 0.2) is 0 Å². The Labute approximate surface area is 70.3 Å². The number of carbonyl (C=O) groups is 1. The van der Waals surface area contributed by atoms with Gasteiger partial charge in [-0.2, -0.15) is 0 Å². The second-order valence-electron chi connectivity index (χ2n) is 2.60. The predicted octanol–water partition coefficient (Wildman–Crippen LogP) is 0.431. The molecule has 64 valence electrons. The first-order chi connectivity index (χ1) is 5.70. The number of rotatable bonds is 1. The van der Waals surface area contributed by atoms with Gasteiger partial charge in [-0.25, -0.2) is 9.59 Å². The van der Waals surface area contributed by atoms with Gasteiger partial charge in [0.05, 0.1) is 6.04 Å². The summed E-state index contributed by atoms with van der Waals surface area (Å²) in [6.07, 6.45) is 2.86. The fourth-order valence-corrected chi connectivity index (χ4v) is 1.35. The molecule has 0 aromatic rings. The first-order valence-electron chi connectivity index (χ1n) is 3.66. The Balaban J connectivity index is 2.94. The Hall–Kier alpha value is -1.54. The maximum atomic E-state index is 10.8. The van der Waals surface area contributed by atoms with Crippen LogP contribution in [0, 0.1) is 0 Å². The number of likely N-dealkylation sites (tertiary alicyclic amines) is 1. The lowest BCUT2D eigenvalue weighted by Crippen LogP contribution is -2.37. The molecule has 0 aromatic carbocycles. The lowest BCUT2D eigenvalue weighted by Gasteiger charge is -2.18. The molecule has 1 heterocycles. The molecule has 1 aliphatic rings. The van der Waals surface area contributed by atoms with E-state index in [0.29, 0.717) is 18.5 Å². The normalized spacial score (nSPS) is 22.2. The van der Waals surface area contributed by atoms with Crippen molar-refractivity contribution in [2.75, 3.05) is 0 Å². The van der Waals surface area contributed by atoms with Crippen molar-refractivity contribution >= 4 is 12.0 Å². The van der Waals surface area contributed by atoms with Crippen LogP contribution >= 0.6 is 0 Å². The molecule has 1 atom stereocenters. The number of hydrogen-bond donors (Lipinski definition) is 1. The first-order valence-corrected chi connectivity index (χ1v) is 3.66. The van der Waals surface area contributed by atoms with Gasteiger partial charge in [-0.15, -0.1) is 6.58 Å². The summed E-state index contributed by atoms with van der Waals surface area (Å²) in [6.45, 7) is 3.55. The summed E-state index contributed by atoms with van der Waals surface area (Å²) in [5.41, 5.74) is 5.40. The Kier molecular flexibility index (Phi) is 2.31. The monoisotopic (exact) mass is 166 g/mol. The Morgan fingerprint density at radius 1 is 1.83 bits per heavy atom. The van der Waals surface area contributed by atoms with Crippen LogP contribution in [0.25, 0.3) is 0 Å². The number of amides is 2. The van der Waals surface area contributed by atoms with E-state index in [2.05, 4.69) is 6.58 Å². The van der Waals surface area contributed by atoms with E-state index >= 15 is 0 Å². The number of nitrogens with zero attached hydrogens (tertiary/aromatic N) is 1. The molecule has 1 aliphatic heterocycles. The van der Waals surface area contributed by atoms with Crippen LogP contribution in [0.3, 0.4) is 0 Å². The largest absolute Gasteiger partial charge is 0.351 e. The Bertz CT molecular complexity index is 266. The van der Waals surface area contributed by atoms with E-state index in [1.165, 1.54) is 4.90 Å². The second-order valence-corrected chi connectivity index (χ2v) is 2.60. The topological polar surface area (TPSA) is 63.4 Å². The second kappa shape index (κ2) is 3.24. The molecule has 0 aliphatic carbocycles.